The summed E-state index contributed by atoms with van der Waals surface area (Å²) in [6.07, 6.45) is 0.772. The van der Waals surface area contributed by atoms with Crippen molar-refractivity contribution in [3.05, 3.63) is 47.5 Å². The van der Waals surface area contributed by atoms with Crippen LogP contribution in [0.25, 0.3) is 11.1 Å². The lowest BCUT2D eigenvalue weighted by Crippen LogP contribution is -2.33. The van der Waals surface area contributed by atoms with E-state index >= 15 is 0 Å². The summed E-state index contributed by atoms with van der Waals surface area (Å²) in [5.74, 6) is 1.49. The lowest BCUT2D eigenvalue weighted by molar-refractivity contribution is 0.0147. The Kier molecular flexibility index (Phi) is 4.81. The van der Waals surface area contributed by atoms with Crippen molar-refractivity contribution in [1.82, 2.24) is 0 Å². The third-order valence-electron chi connectivity index (χ3n) is 5.09. The highest BCUT2D eigenvalue weighted by molar-refractivity contribution is 5.69. The molecule has 1 aliphatic rings. The Morgan fingerprint density at radius 3 is 2.27 bits per heavy atom. The highest BCUT2D eigenvalue weighted by Gasteiger charge is 2.38. The molecule has 1 unspecified atom stereocenters. The maximum absolute atomic E-state index is 11.4. The molecule has 2 aromatic rings. The molecule has 1 aliphatic carbocycles. The molecule has 5 nitrogen and oxygen atoms in total. The summed E-state index contributed by atoms with van der Waals surface area (Å²) in [6.45, 7) is 4.20. The fourth-order valence-corrected chi connectivity index (χ4v) is 3.58. The van der Waals surface area contributed by atoms with Crippen molar-refractivity contribution in [2.75, 3.05) is 14.2 Å². The second kappa shape index (κ2) is 6.90. The number of hydrogen-bond acceptors (Lipinski definition) is 4. The minimum atomic E-state index is -0.738. The van der Waals surface area contributed by atoms with Crippen LogP contribution in [-0.4, -0.2) is 20.3 Å². The molecular formula is C21H25NO4. The number of fused-ring (bicyclic) bond motifs is 1. The van der Waals surface area contributed by atoms with E-state index in [0.717, 1.165) is 41.0 Å². The maximum Gasteiger partial charge on any atom is 0.405 e. The highest BCUT2D eigenvalue weighted by Crippen LogP contribution is 2.46. The summed E-state index contributed by atoms with van der Waals surface area (Å²) in [5.41, 5.74) is 9.43. The van der Waals surface area contributed by atoms with Gasteiger partial charge in [-0.3, -0.25) is 0 Å². The number of primary amides is 1. The summed E-state index contributed by atoms with van der Waals surface area (Å²) < 4.78 is 16.2. The molecular weight excluding hydrogens is 330 g/mol. The molecule has 0 heterocycles. The Hall–Kier alpha value is -2.69. The van der Waals surface area contributed by atoms with Gasteiger partial charge in [0.15, 0.2) is 0 Å². The van der Waals surface area contributed by atoms with Crippen molar-refractivity contribution < 1.29 is 19.0 Å². The van der Waals surface area contributed by atoms with Crippen molar-refractivity contribution in [1.29, 1.82) is 0 Å². The van der Waals surface area contributed by atoms with Gasteiger partial charge in [0.05, 0.1) is 14.2 Å². The number of ether oxygens (including phenoxy) is 3. The van der Waals surface area contributed by atoms with E-state index < -0.39 is 6.09 Å². The predicted molar refractivity (Wildman–Crippen MR) is 100 cm³/mol. The average Bonchev–Trinajstić information content (AvgIpc) is 2.63. The molecule has 2 aromatic carbocycles. The van der Waals surface area contributed by atoms with Gasteiger partial charge in [0, 0.05) is 11.5 Å². The van der Waals surface area contributed by atoms with E-state index in [1.54, 1.807) is 14.2 Å². The summed E-state index contributed by atoms with van der Waals surface area (Å²) in [4.78, 5) is 11.4. The number of hydrogen-bond donors (Lipinski definition) is 1. The van der Waals surface area contributed by atoms with Crippen LogP contribution in [-0.2, 0) is 11.2 Å². The van der Waals surface area contributed by atoms with E-state index in [-0.39, 0.29) is 11.5 Å². The fourth-order valence-electron chi connectivity index (χ4n) is 3.58. The topological polar surface area (TPSA) is 70.8 Å². The number of rotatable bonds is 4. The Morgan fingerprint density at radius 1 is 1.04 bits per heavy atom. The molecule has 2 N–H and O–H groups in total. The van der Waals surface area contributed by atoms with Crippen LogP contribution in [0.15, 0.2) is 36.4 Å². The number of carbonyl (C=O) groups excluding carboxylic acids is 1. The normalized spacial score (nSPS) is 17.9. The zero-order valence-corrected chi connectivity index (χ0v) is 15.7. The van der Waals surface area contributed by atoms with Crippen molar-refractivity contribution in [2.45, 2.75) is 32.8 Å². The van der Waals surface area contributed by atoms with Crippen LogP contribution in [0.1, 0.15) is 37.5 Å². The molecule has 0 aliphatic heterocycles. The standard InChI is InChI=1S/C21H25NO4/c1-21(2)8-7-14-9-13(5-6-18(14)19(21)26-20(22)23)15-10-16(24-3)12-17(11-15)25-4/h5-6,9-12,19H,7-8H2,1-4H3,(H2,22,23). The first kappa shape index (κ1) is 18.1. The van der Waals surface area contributed by atoms with Crippen LogP contribution in [0.2, 0.25) is 0 Å². The largest absolute Gasteiger partial charge is 0.497 e. The molecule has 0 bridgehead atoms. The quantitative estimate of drug-likeness (QED) is 0.878. The smallest absolute Gasteiger partial charge is 0.405 e. The molecule has 0 aromatic heterocycles. The number of carbonyl (C=O) groups is 1. The van der Waals surface area contributed by atoms with Gasteiger partial charge in [0.2, 0.25) is 0 Å². The lowest BCUT2D eigenvalue weighted by atomic mass is 9.71. The fraction of sp³-hybridized carbons (Fsp3) is 0.381. The SMILES string of the molecule is COc1cc(OC)cc(-c2ccc3c(c2)CCC(C)(C)C3OC(N)=O)c1. The summed E-state index contributed by atoms with van der Waals surface area (Å²) in [6, 6.07) is 12.0. The van der Waals surface area contributed by atoms with Gasteiger partial charge in [0.25, 0.3) is 0 Å². The molecule has 0 radical (unpaired) electrons. The highest BCUT2D eigenvalue weighted by atomic mass is 16.6. The number of benzene rings is 2. The number of methoxy groups -OCH3 is 2. The van der Waals surface area contributed by atoms with Crippen LogP contribution < -0.4 is 15.2 Å². The predicted octanol–water partition coefficient (Wildman–Crippen LogP) is 4.48. The van der Waals surface area contributed by atoms with E-state index in [9.17, 15) is 4.79 Å². The van der Waals surface area contributed by atoms with Gasteiger partial charge >= 0.3 is 6.09 Å². The van der Waals surface area contributed by atoms with E-state index in [1.165, 1.54) is 5.56 Å². The second-order valence-electron chi connectivity index (χ2n) is 7.32. The van der Waals surface area contributed by atoms with E-state index in [2.05, 4.69) is 19.9 Å². The maximum atomic E-state index is 11.4. The number of nitrogens with two attached hydrogens (primary N) is 1. The number of aryl methyl sites for hydroxylation is 1. The van der Waals surface area contributed by atoms with Crippen molar-refractivity contribution in [3.63, 3.8) is 0 Å². The summed E-state index contributed by atoms with van der Waals surface area (Å²) >= 11 is 0. The first-order valence-electron chi connectivity index (χ1n) is 8.66. The Morgan fingerprint density at radius 2 is 1.69 bits per heavy atom. The molecule has 5 heteroatoms. The Bertz CT molecular complexity index is 807. The zero-order chi connectivity index (χ0) is 18.9. The van der Waals surface area contributed by atoms with Crippen LogP contribution in [0.3, 0.4) is 0 Å². The van der Waals surface area contributed by atoms with Gasteiger partial charge in [-0.25, -0.2) is 4.79 Å². The van der Waals surface area contributed by atoms with Crippen molar-refractivity contribution in [2.24, 2.45) is 11.1 Å². The van der Waals surface area contributed by atoms with Gasteiger partial charge in [-0.15, -0.1) is 0 Å². The van der Waals surface area contributed by atoms with Gasteiger partial charge in [-0.05, 0) is 47.2 Å². The first-order chi connectivity index (χ1) is 12.3. The second-order valence-corrected chi connectivity index (χ2v) is 7.32. The Labute approximate surface area is 154 Å². The molecule has 3 rings (SSSR count). The van der Waals surface area contributed by atoms with Crippen LogP contribution in [0, 0.1) is 5.41 Å². The minimum absolute atomic E-state index is 0.150. The number of amides is 1. The molecule has 0 fully saturated rings. The molecule has 0 spiro atoms. The minimum Gasteiger partial charge on any atom is -0.497 e. The van der Waals surface area contributed by atoms with E-state index in [1.807, 2.05) is 30.3 Å². The molecule has 0 saturated heterocycles. The lowest BCUT2D eigenvalue weighted by Gasteiger charge is -2.39. The molecule has 138 valence electrons. The van der Waals surface area contributed by atoms with Gasteiger partial charge in [-0.1, -0.05) is 32.0 Å². The molecule has 0 saturated carbocycles. The molecule has 1 atom stereocenters. The molecule has 1 amide bonds. The van der Waals surface area contributed by atoms with Crippen LogP contribution in [0.4, 0.5) is 4.79 Å². The molecule has 26 heavy (non-hydrogen) atoms. The summed E-state index contributed by atoms with van der Waals surface area (Å²) in [7, 11) is 3.28. The van der Waals surface area contributed by atoms with Gasteiger partial charge < -0.3 is 19.9 Å². The monoisotopic (exact) mass is 355 g/mol. The van der Waals surface area contributed by atoms with Gasteiger partial charge in [-0.2, -0.15) is 0 Å². The van der Waals surface area contributed by atoms with Crippen LogP contribution >= 0.6 is 0 Å². The van der Waals surface area contributed by atoms with Crippen molar-refractivity contribution in [3.8, 4) is 22.6 Å². The summed E-state index contributed by atoms with van der Waals surface area (Å²) in [5, 5.41) is 0. The third-order valence-corrected chi connectivity index (χ3v) is 5.09. The van der Waals surface area contributed by atoms with E-state index in [0.29, 0.717) is 0 Å². The van der Waals surface area contributed by atoms with E-state index in [4.69, 9.17) is 19.9 Å². The van der Waals surface area contributed by atoms with Crippen LogP contribution in [0.5, 0.6) is 11.5 Å². The van der Waals surface area contributed by atoms with Gasteiger partial charge in [0.1, 0.15) is 17.6 Å². The van der Waals surface area contributed by atoms with Crippen molar-refractivity contribution >= 4 is 6.09 Å². The average molecular weight is 355 g/mol. The zero-order valence-electron chi connectivity index (χ0n) is 15.7. The first-order valence-corrected chi connectivity index (χ1v) is 8.66. The third kappa shape index (κ3) is 3.47. The Balaban J connectivity index is 2.03.